The van der Waals surface area contributed by atoms with Crippen LogP contribution in [0.3, 0.4) is 0 Å². The number of esters is 3. The van der Waals surface area contributed by atoms with Crippen LogP contribution in [0.4, 0.5) is 0 Å². The van der Waals surface area contributed by atoms with Crippen LogP contribution in [0.15, 0.2) is 0 Å². The highest BCUT2D eigenvalue weighted by Gasteiger charge is 2.65. The minimum Gasteiger partial charge on any atom is -0.481 e. The third-order valence-electron chi connectivity index (χ3n) is 14.5. The Kier molecular flexibility index (Phi) is 47.4. The number of carboxylic acids is 3. The summed E-state index contributed by atoms with van der Waals surface area (Å²) in [5.41, 5.74) is -7.20. The number of rotatable bonds is 52. The Labute approximate surface area is 450 Å². The number of aliphatic carboxylic acids is 3. The molecule has 0 aromatic carbocycles. The average Bonchev–Trinajstić information content (AvgIpc) is 3.36. The molecule has 0 aliphatic heterocycles. The van der Waals surface area contributed by atoms with Crippen LogP contribution in [0.1, 0.15) is 305 Å². The van der Waals surface area contributed by atoms with Gasteiger partial charge in [-0.3, -0.25) is 19.2 Å². The molecule has 5 N–H and O–H groups in total. The van der Waals surface area contributed by atoms with Gasteiger partial charge in [0, 0.05) is 0 Å². The standard InChI is InChI=1S/2C30H56O7/c1-4-7-10-13-16-19-22-35-27(31)25-30(34,29(33)37-24-21-18-15-12-9-6-3)26-28(32)36-23-20-17-14-11-8-5-2;1-4-7-10-13-16-19-22-25(26(31)32)30(37,28(35)36)29(27(33)34,23-20-17-14-11-8-5-2)24-21-18-15-12-9-6-3/h34H,4-26H2,1-3H3;25,37H,4-24H2,1-3H3,(H,31,32)(H,33,34)(H,35,36). The molecule has 0 saturated heterocycles. The summed E-state index contributed by atoms with van der Waals surface area (Å²) >= 11 is 0. The van der Waals surface area contributed by atoms with Gasteiger partial charge in [-0.15, -0.1) is 0 Å². The molecular formula is C60H112O14. The predicted octanol–water partition coefficient (Wildman–Crippen LogP) is 15.0. The van der Waals surface area contributed by atoms with E-state index in [9.17, 15) is 54.3 Å². The maximum absolute atomic E-state index is 12.9. The predicted molar refractivity (Wildman–Crippen MR) is 295 cm³/mol. The van der Waals surface area contributed by atoms with Gasteiger partial charge in [0.05, 0.1) is 38.6 Å². The lowest BCUT2D eigenvalue weighted by Crippen LogP contribution is -2.64. The van der Waals surface area contributed by atoms with Gasteiger partial charge in [0.2, 0.25) is 0 Å². The number of hydrogen-bond donors (Lipinski definition) is 5. The second-order valence-electron chi connectivity index (χ2n) is 21.2. The lowest BCUT2D eigenvalue weighted by Gasteiger charge is -2.45. The summed E-state index contributed by atoms with van der Waals surface area (Å²) in [7, 11) is 0. The minimum absolute atomic E-state index is 0.0352. The van der Waals surface area contributed by atoms with Crippen LogP contribution >= 0.6 is 0 Å². The third kappa shape index (κ3) is 33.7. The van der Waals surface area contributed by atoms with E-state index in [-0.39, 0.29) is 39.1 Å². The van der Waals surface area contributed by atoms with Crippen LogP contribution in [-0.2, 0) is 43.0 Å². The number of ether oxygens (including phenoxy) is 3. The number of carbonyl (C=O) groups is 6. The van der Waals surface area contributed by atoms with Gasteiger partial charge in [-0.1, -0.05) is 253 Å². The van der Waals surface area contributed by atoms with Crippen molar-refractivity contribution in [2.45, 2.75) is 316 Å². The van der Waals surface area contributed by atoms with Gasteiger partial charge in [-0.05, 0) is 38.5 Å². The van der Waals surface area contributed by atoms with Crippen molar-refractivity contribution in [1.29, 1.82) is 0 Å². The fourth-order valence-electron chi connectivity index (χ4n) is 9.73. The Hall–Kier alpha value is -3.26. The molecule has 74 heavy (non-hydrogen) atoms. The van der Waals surface area contributed by atoms with E-state index in [0.717, 1.165) is 173 Å². The second-order valence-corrected chi connectivity index (χ2v) is 21.2. The van der Waals surface area contributed by atoms with Gasteiger partial charge in [0.1, 0.15) is 5.41 Å². The Morgan fingerprint density at radius 2 is 0.649 bits per heavy atom. The van der Waals surface area contributed by atoms with Crippen molar-refractivity contribution in [2.75, 3.05) is 19.8 Å². The number of carbonyl (C=O) groups excluding carboxylic acids is 3. The Morgan fingerprint density at radius 1 is 0.365 bits per heavy atom. The monoisotopic (exact) mass is 1060 g/mol. The molecule has 14 nitrogen and oxygen atoms in total. The Balaban J connectivity index is 0. The zero-order valence-electron chi connectivity index (χ0n) is 48.1. The molecule has 0 fully saturated rings. The minimum atomic E-state index is -2.87. The van der Waals surface area contributed by atoms with Gasteiger partial charge >= 0.3 is 35.8 Å². The van der Waals surface area contributed by atoms with Gasteiger partial charge in [0.25, 0.3) is 0 Å². The van der Waals surface area contributed by atoms with E-state index in [2.05, 4.69) is 41.5 Å². The molecule has 0 aromatic rings. The molecule has 2 unspecified atom stereocenters. The van der Waals surface area contributed by atoms with E-state index < -0.39 is 71.2 Å². The van der Waals surface area contributed by atoms with Crippen LogP contribution in [0.25, 0.3) is 0 Å². The zero-order valence-corrected chi connectivity index (χ0v) is 48.1. The van der Waals surface area contributed by atoms with Crippen LogP contribution in [-0.4, -0.2) is 92.4 Å². The van der Waals surface area contributed by atoms with Crippen LogP contribution in [0.5, 0.6) is 0 Å². The lowest BCUT2D eigenvalue weighted by atomic mass is 9.59. The quantitative estimate of drug-likeness (QED) is 0.0217. The number of hydrogen-bond acceptors (Lipinski definition) is 11. The summed E-state index contributed by atoms with van der Waals surface area (Å²) in [4.78, 5) is 75.4. The molecule has 2 atom stereocenters. The van der Waals surface area contributed by atoms with Crippen LogP contribution in [0.2, 0.25) is 0 Å². The molecular weight excluding hydrogens is 945 g/mol. The summed E-state index contributed by atoms with van der Waals surface area (Å²) < 4.78 is 15.8. The first-order valence-corrected chi connectivity index (χ1v) is 30.2. The second kappa shape index (κ2) is 48.1. The van der Waals surface area contributed by atoms with Crippen LogP contribution in [0, 0.1) is 11.3 Å². The summed E-state index contributed by atoms with van der Waals surface area (Å²) in [5.74, 6) is -8.62. The molecule has 0 saturated carbocycles. The highest BCUT2D eigenvalue weighted by molar-refractivity contribution is 5.93. The molecule has 0 rings (SSSR count). The van der Waals surface area contributed by atoms with E-state index in [4.69, 9.17) is 14.2 Å². The topological polar surface area (TPSA) is 231 Å². The fourth-order valence-corrected chi connectivity index (χ4v) is 9.73. The number of unbranched alkanes of at least 4 members (excludes halogenated alkanes) is 30. The van der Waals surface area contributed by atoms with E-state index in [0.29, 0.717) is 25.7 Å². The van der Waals surface area contributed by atoms with Crippen molar-refractivity contribution in [2.24, 2.45) is 11.3 Å². The average molecular weight is 1060 g/mol. The maximum Gasteiger partial charge on any atom is 0.339 e. The Morgan fingerprint density at radius 3 is 0.946 bits per heavy atom. The van der Waals surface area contributed by atoms with Crippen molar-refractivity contribution >= 4 is 35.8 Å². The first-order chi connectivity index (χ1) is 35.5. The molecule has 0 heterocycles. The van der Waals surface area contributed by atoms with Crippen molar-refractivity contribution in [3.8, 4) is 0 Å². The highest BCUT2D eigenvalue weighted by Crippen LogP contribution is 2.48. The molecule has 0 aliphatic carbocycles. The summed E-state index contributed by atoms with van der Waals surface area (Å²) in [6.07, 6.45) is 33.2. The molecule has 0 bridgehead atoms. The normalized spacial score (nSPS) is 12.8. The van der Waals surface area contributed by atoms with Gasteiger partial charge in [0.15, 0.2) is 11.2 Å². The highest BCUT2D eigenvalue weighted by atomic mass is 16.6. The fraction of sp³-hybridized carbons (Fsp3) is 0.900. The van der Waals surface area contributed by atoms with Crippen LogP contribution < -0.4 is 0 Å². The molecule has 0 aliphatic rings. The largest absolute Gasteiger partial charge is 0.481 e. The number of carboxylic acid groups (broad SMARTS) is 3. The van der Waals surface area contributed by atoms with Gasteiger partial charge < -0.3 is 39.7 Å². The van der Waals surface area contributed by atoms with Crippen molar-refractivity contribution < 1.29 is 68.5 Å². The maximum atomic E-state index is 12.9. The van der Waals surface area contributed by atoms with Gasteiger partial charge in [-0.25, -0.2) is 9.59 Å². The molecule has 0 amide bonds. The van der Waals surface area contributed by atoms with E-state index in [1.165, 1.54) is 32.1 Å². The molecule has 0 aromatic heterocycles. The van der Waals surface area contributed by atoms with Crippen molar-refractivity contribution in [1.82, 2.24) is 0 Å². The summed E-state index contributed by atoms with van der Waals surface area (Å²) in [6.45, 7) is 13.4. The smallest absolute Gasteiger partial charge is 0.339 e. The van der Waals surface area contributed by atoms with Crippen molar-refractivity contribution in [3.63, 3.8) is 0 Å². The summed E-state index contributed by atoms with van der Waals surface area (Å²) in [5, 5.41) is 53.6. The molecule has 14 heteroatoms. The third-order valence-corrected chi connectivity index (χ3v) is 14.5. The first kappa shape index (κ1) is 72.8. The zero-order chi connectivity index (χ0) is 55.8. The van der Waals surface area contributed by atoms with Crippen molar-refractivity contribution in [3.05, 3.63) is 0 Å². The SMILES string of the molecule is CCCCCCCCC(C(=O)O)C(O)(C(=O)O)C(CCCCCCCC)(CCCCCCCC)C(=O)O.CCCCCCCCOC(=O)CC(O)(CC(=O)OCCCCCCCC)C(=O)OCCCCCCCC. The number of aliphatic hydroxyl groups is 2. The molecule has 0 spiro atoms. The molecule has 0 radical (unpaired) electrons. The lowest BCUT2D eigenvalue weighted by molar-refractivity contribution is -0.207. The van der Waals surface area contributed by atoms with E-state index in [1.54, 1.807) is 0 Å². The van der Waals surface area contributed by atoms with E-state index in [1.807, 2.05) is 0 Å². The Bertz CT molecular complexity index is 1370. The first-order valence-electron chi connectivity index (χ1n) is 30.2. The van der Waals surface area contributed by atoms with E-state index >= 15 is 0 Å². The molecule has 436 valence electrons. The van der Waals surface area contributed by atoms with Gasteiger partial charge in [-0.2, -0.15) is 0 Å². The summed E-state index contributed by atoms with van der Waals surface area (Å²) in [6, 6.07) is 0.